The molecule has 3 rings (SSSR count). The third kappa shape index (κ3) is 2.41. The monoisotopic (exact) mass is 280 g/mol. The molecule has 0 saturated carbocycles. The van der Waals surface area contributed by atoms with Crippen molar-refractivity contribution >= 4 is 22.1 Å². The summed E-state index contributed by atoms with van der Waals surface area (Å²) in [6.45, 7) is 0. The maximum atomic E-state index is 13.9. The molecule has 0 aliphatic heterocycles. The smallest absolute Gasteiger partial charge is 0.150 e. The molecule has 3 aromatic carbocycles. The summed E-state index contributed by atoms with van der Waals surface area (Å²) >= 11 is 0. The minimum Gasteiger partial charge on any atom is -0.350 e. The zero-order valence-electron chi connectivity index (χ0n) is 10.9. The second kappa shape index (κ2) is 5.22. The van der Waals surface area contributed by atoms with Crippen LogP contribution in [0.5, 0.6) is 0 Å². The molecule has 0 spiro atoms. The van der Waals surface area contributed by atoms with Crippen LogP contribution in [0.4, 0.5) is 20.2 Å². The Morgan fingerprint density at radius 1 is 0.905 bits per heavy atom. The average Bonchev–Trinajstić information content (AvgIpc) is 2.50. The van der Waals surface area contributed by atoms with Crippen LogP contribution in [0, 0.1) is 23.0 Å². The number of fused-ring (bicyclic) bond motifs is 1. The van der Waals surface area contributed by atoms with Crippen molar-refractivity contribution in [3.8, 4) is 6.07 Å². The quantitative estimate of drug-likeness (QED) is 0.736. The van der Waals surface area contributed by atoms with Crippen molar-refractivity contribution in [2.24, 2.45) is 0 Å². The van der Waals surface area contributed by atoms with Gasteiger partial charge >= 0.3 is 0 Å². The van der Waals surface area contributed by atoms with E-state index >= 15 is 0 Å². The van der Waals surface area contributed by atoms with E-state index < -0.39 is 11.6 Å². The molecule has 0 aliphatic carbocycles. The van der Waals surface area contributed by atoms with Crippen molar-refractivity contribution in [2.45, 2.75) is 0 Å². The second-order valence-corrected chi connectivity index (χ2v) is 4.58. The lowest BCUT2D eigenvalue weighted by Crippen LogP contribution is -1.99. The van der Waals surface area contributed by atoms with Crippen molar-refractivity contribution in [1.29, 1.82) is 5.26 Å². The first-order valence-corrected chi connectivity index (χ1v) is 6.33. The predicted octanol–water partition coefficient (Wildman–Crippen LogP) is 4.73. The normalized spacial score (nSPS) is 10.3. The SMILES string of the molecule is N#Cc1cc(F)c(Nc2cccc3ccccc23)c(F)c1. The molecule has 0 amide bonds. The van der Waals surface area contributed by atoms with Crippen LogP contribution in [0.1, 0.15) is 5.56 Å². The summed E-state index contributed by atoms with van der Waals surface area (Å²) in [5, 5.41) is 13.3. The van der Waals surface area contributed by atoms with Gasteiger partial charge in [-0.3, -0.25) is 0 Å². The zero-order valence-corrected chi connectivity index (χ0v) is 10.9. The molecule has 0 heterocycles. The van der Waals surface area contributed by atoms with Gasteiger partial charge in [0.05, 0.1) is 11.6 Å². The van der Waals surface area contributed by atoms with Crippen LogP contribution in [-0.4, -0.2) is 0 Å². The van der Waals surface area contributed by atoms with Crippen LogP contribution in [0.25, 0.3) is 10.8 Å². The number of nitriles is 1. The van der Waals surface area contributed by atoms with Crippen LogP contribution in [-0.2, 0) is 0 Å². The Morgan fingerprint density at radius 3 is 2.29 bits per heavy atom. The molecule has 1 N–H and O–H groups in total. The van der Waals surface area contributed by atoms with Crippen molar-refractivity contribution in [1.82, 2.24) is 0 Å². The first-order chi connectivity index (χ1) is 10.2. The lowest BCUT2D eigenvalue weighted by molar-refractivity contribution is 0.590. The summed E-state index contributed by atoms with van der Waals surface area (Å²) in [6, 6.07) is 16.8. The van der Waals surface area contributed by atoms with Crippen LogP contribution >= 0.6 is 0 Å². The van der Waals surface area contributed by atoms with E-state index in [0.29, 0.717) is 5.69 Å². The van der Waals surface area contributed by atoms with Crippen LogP contribution in [0.3, 0.4) is 0 Å². The van der Waals surface area contributed by atoms with Gasteiger partial charge in [-0.05, 0) is 23.6 Å². The Balaban J connectivity index is 2.10. The molecule has 0 saturated heterocycles. The van der Waals surface area contributed by atoms with Crippen molar-refractivity contribution < 1.29 is 8.78 Å². The first-order valence-electron chi connectivity index (χ1n) is 6.33. The molecule has 0 unspecified atom stereocenters. The number of halogens is 2. The van der Waals surface area contributed by atoms with Crippen LogP contribution in [0.2, 0.25) is 0 Å². The van der Waals surface area contributed by atoms with Gasteiger partial charge in [0.15, 0.2) is 11.6 Å². The summed E-state index contributed by atoms with van der Waals surface area (Å²) in [6.07, 6.45) is 0. The number of nitrogens with zero attached hydrogens (tertiary/aromatic N) is 1. The summed E-state index contributed by atoms with van der Waals surface area (Å²) in [4.78, 5) is 0. The standard InChI is InChI=1S/C17H10F2N2/c18-14-8-11(10-20)9-15(19)17(14)21-16-7-3-5-12-4-1-2-6-13(12)16/h1-9,21H. The lowest BCUT2D eigenvalue weighted by atomic mass is 10.1. The second-order valence-electron chi connectivity index (χ2n) is 4.58. The highest BCUT2D eigenvalue weighted by Crippen LogP contribution is 2.29. The molecule has 0 radical (unpaired) electrons. The molecule has 2 nitrogen and oxygen atoms in total. The summed E-state index contributed by atoms with van der Waals surface area (Å²) in [5.74, 6) is -1.58. The van der Waals surface area contributed by atoms with Gasteiger partial charge in [-0.1, -0.05) is 36.4 Å². The zero-order chi connectivity index (χ0) is 14.8. The first kappa shape index (κ1) is 13.1. The topological polar surface area (TPSA) is 35.8 Å². The van der Waals surface area contributed by atoms with Gasteiger partial charge in [0.25, 0.3) is 0 Å². The fraction of sp³-hybridized carbons (Fsp3) is 0. The molecule has 102 valence electrons. The summed E-state index contributed by atoms with van der Waals surface area (Å²) in [5.41, 5.74) is 0.300. The largest absolute Gasteiger partial charge is 0.350 e. The average molecular weight is 280 g/mol. The summed E-state index contributed by atoms with van der Waals surface area (Å²) in [7, 11) is 0. The van der Waals surface area contributed by atoms with Gasteiger partial charge in [-0.2, -0.15) is 5.26 Å². The Kier molecular flexibility index (Phi) is 3.25. The predicted molar refractivity (Wildman–Crippen MR) is 78.3 cm³/mol. The fourth-order valence-corrected chi connectivity index (χ4v) is 2.23. The Bertz CT molecular complexity index is 838. The van der Waals surface area contributed by atoms with Gasteiger partial charge in [0, 0.05) is 11.1 Å². The summed E-state index contributed by atoms with van der Waals surface area (Å²) < 4.78 is 27.9. The number of nitrogens with one attached hydrogen (secondary N) is 1. The lowest BCUT2D eigenvalue weighted by Gasteiger charge is -2.11. The van der Waals surface area contributed by atoms with E-state index in [2.05, 4.69) is 5.32 Å². The number of rotatable bonds is 2. The van der Waals surface area contributed by atoms with Crippen molar-refractivity contribution in [3.05, 3.63) is 71.8 Å². The molecule has 0 aromatic heterocycles. The van der Waals surface area contributed by atoms with Crippen LogP contribution < -0.4 is 5.32 Å². The van der Waals surface area contributed by atoms with Gasteiger partial charge < -0.3 is 5.32 Å². The van der Waals surface area contributed by atoms with Crippen molar-refractivity contribution in [3.63, 3.8) is 0 Å². The Morgan fingerprint density at radius 2 is 1.57 bits per heavy atom. The molecule has 4 heteroatoms. The van der Waals surface area contributed by atoms with E-state index in [1.165, 1.54) is 0 Å². The van der Waals surface area contributed by atoms with E-state index in [9.17, 15) is 8.78 Å². The highest BCUT2D eigenvalue weighted by Gasteiger charge is 2.12. The maximum absolute atomic E-state index is 13.9. The minimum atomic E-state index is -0.792. The minimum absolute atomic E-state index is 0.0477. The van der Waals surface area contributed by atoms with E-state index in [1.807, 2.05) is 36.4 Å². The highest BCUT2D eigenvalue weighted by molar-refractivity contribution is 5.95. The molecule has 21 heavy (non-hydrogen) atoms. The number of hydrogen-bond acceptors (Lipinski definition) is 2. The van der Waals surface area contributed by atoms with Gasteiger partial charge in [-0.15, -0.1) is 0 Å². The van der Waals surface area contributed by atoms with Gasteiger partial charge in [-0.25, -0.2) is 8.78 Å². The number of hydrogen-bond donors (Lipinski definition) is 1. The number of benzene rings is 3. The van der Waals surface area contributed by atoms with E-state index in [0.717, 1.165) is 22.9 Å². The molecule has 0 aliphatic rings. The van der Waals surface area contributed by atoms with Crippen LogP contribution in [0.15, 0.2) is 54.6 Å². The van der Waals surface area contributed by atoms with E-state index in [1.54, 1.807) is 12.1 Å². The molecular weight excluding hydrogens is 270 g/mol. The third-order valence-corrected chi connectivity index (χ3v) is 3.22. The Labute approximate surface area is 120 Å². The van der Waals surface area contributed by atoms with E-state index in [-0.39, 0.29) is 11.3 Å². The molecular formula is C17H10F2N2. The molecule has 0 fully saturated rings. The fourth-order valence-electron chi connectivity index (χ4n) is 2.23. The third-order valence-electron chi connectivity index (χ3n) is 3.22. The molecule has 3 aromatic rings. The van der Waals surface area contributed by atoms with E-state index in [4.69, 9.17) is 5.26 Å². The van der Waals surface area contributed by atoms with Crippen molar-refractivity contribution in [2.75, 3.05) is 5.32 Å². The molecule has 0 atom stereocenters. The highest BCUT2D eigenvalue weighted by atomic mass is 19.1. The van der Waals surface area contributed by atoms with Gasteiger partial charge in [0.1, 0.15) is 5.69 Å². The molecule has 0 bridgehead atoms. The number of anilines is 2. The Hall–Kier alpha value is -2.93. The maximum Gasteiger partial charge on any atom is 0.150 e. The van der Waals surface area contributed by atoms with Gasteiger partial charge in [0.2, 0.25) is 0 Å².